The molecule has 8 heteroatoms. The first-order valence-corrected chi connectivity index (χ1v) is 11.5. The summed E-state index contributed by atoms with van der Waals surface area (Å²) in [5.74, 6) is 0.481. The quantitative estimate of drug-likeness (QED) is 0.454. The van der Waals surface area contributed by atoms with Crippen LogP contribution in [0.5, 0.6) is 0 Å². The average molecular weight is 442 g/mol. The predicted molar refractivity (Wildman–Crippen MR) is 124 cm³/mol. The van der Waals surface area contributed by atoms with Gasteiger partial charge in [-0.25, -0.2) is 4.39 Å². The van der Waals surface area contributed by atoms with Gasteiger partial charge in [-0.05, 0) is 83.9 Å². The van der Waals surface area contributed by atoms with Crippen LogP contribution in [0.2, 0.25) is 0 Å². The van der Waals surface area contributed by atoms with Crippen LogP contribution in [-0.2, 0) is 6.54 Å². The molecule has 2 saturated heterocycles. The molecule has 1 spiro atoms. The number of nitrogens with one attached hydrogen (secondary N) is 1. The maximum atomic E-state index is 13.4. The molecule has 5 heterocycles. The fourth-order valence-corrected chi connectivity index (χ4v) is 5.64. The summed E-state index contributed by atoms with van der Waals surface area (Å²) < 4.78 is 17.4. The summed E-state index contributed by atoms with van der Waals surface area (Å²) >= 11 is 0. The van der Waals surface area contributed by atoms with Gasteiger partial charge in [0.15, 0.2) is 0 Å². The first-order chi connectivity index (χ1) is 16.2. The van der Waals surface area contributed by atoms with E-state index in [-0.39, 0.29) is 5.82 Å². The van der Waals surface area contributed by atoms with Crippen molar-refractivity contribution in [3.8, 4) is 28.3 Å². The Labute approximate surface area is 190 Å². The van der Waals surface area contributed by atoms with Crippen molar-refractivity contribution in [2.24, 2.45) is 5.41 Å². The molecule has 166 valence electrons. The lowest BCUT2D eigenvalue weighted by atomic mass is 9.72. The second-order valence-electron chi connectivity index (χ2n) is 9.58. The first kappa shape index (κ1) is 19.0. The number of nitrogens with zero attached hydrogens (tertiary/aromatic N) is 6. The predicted octanol–water partition coefficient (Wildman–Crippen LogP) is 3.49. The van der Waals surface area contributed by atoms with E-state index in [1.54, 1.807) is 12.1 Å². The van der Waals surface area contributed by atoms with Gasteiger partial charge in [-0.15, -0.1) is 5.10 Å². The third-order valence-corrected chi connectivity index (χ3v) is 7.49. The van der Waals surface area contributed by atoms with Crippen LogP contribution >= 0.6 is 0 Å². The van der Waals surface area contributed by atoms with Gasteiger partial charge in [0, 0.05) is 42.5 Å². The van der Waals surface area contributed by atoms with E-state index in [9.17, 15) is 4.39 Å². The Morgan fingerprint density at radius 3 is 2.58 bits per heavy atom. The van der Waals surface area contributed by atoms with Crippen molar-refractivity contribution in [3.63, 3.8) is 0 Å². The number of rotatable bonds is 2. The Hall–Kier alpha value is -3.52. The number of halogens is 1. The van der Waals surface area contributed by atoms with Crippen molar-refractivity contribution in [1.29, 1.82) is 0 Å². The van der Waals surface area contributed by atoms with Crippen molar-refractivity contribution in [2.45, 2.75) is 19.4 Å². The average Bonchev–Trinajstić information content (AvgIpc) is 3.43. The van der Waals surface area contributed by atoms with Crippen LogP contribution in [0.25, 0.3) is 28.3 Å². The molecule has 1 N–H and O–H groups in total. The summed E-state index contributed by atoms with van der Waals surface area (Å²) in [6.07, 6.45) is 4.64. The van der Waals surface area contributed by atoms with Crippen LogP contribution in [-0.4, -0.2) is 51.0 Å². The molecule has 2 fully saturated rings. The van der Waals surface area contributed by atoms with Gasteiger partial charge in [0.05, 0.1) is 11.4 Å². The molecule has 0 bridgehead atoms. The zero-order valence-electron chi connectivity index (χ0n) is 18.2. The lowest BCUT2D eigenvalue weighted by Gasteiger charge is -2.53. The molecular formula is C25H24FN7. The van der Waals surface area contributed by atoms with Crippen LogP contribution in [0.4, 0.5) is 10.1 Å². The van der Waals surface area contributed by atoms with Crippen LogP contribution < -0.4 is 10.2 Å². The van der Waals surface area contributed by atoms with Crippen molar-refractivity contribution in [1.82, 2.24) is 30.1 Å². The number of aromatic nitrogens is 5. The maximum Gasteiger partial charge on any atom is 0.203 e. The highest BCUT2D eigenvalue weighted by atomic mass is 19.1. The minimum absolute atomic E-state index is 0.234. The molecule has 7 rings (SSSR count). The second-order valence-corrected chi connectivity index (χ2v) is 9.58. The fraction of sp³-hybridized carbons (Fsp3) is 0.320. The van der Waals surface area contributed by atoms with Crippen LogP contribution in [0.15, 0.2) is 54.7 Å². The molecule has 7 nitrogen and oxygen atoms in total. The third-order valence-electron chi connectivity index (χ3n) is 7.49. The largest absolute Gasteiger partial charge is 0.370 e. The number of hydrogen-bond acceptors (Lipinski definition) is 5. The molecule has 0 atom stereocenters. The topological polar surface area (TPSA) is 63.8 Å². The summed E-state index contributed by atoms with van der Waals surface area (Å²) in [4.78, 5) is 2.50. The molecule has 0 radical (unpaired) electrons. The van der Waals surface area contributed by atoms with Gasteiger partial charge in [-0.3, -0.25) is 0 Å². The molecule has 2 aromatic heterocycles. The van der Waals surface area contributed by atoms with E-state index < -0.39 is 0 Å². The van der Waals surface area contributed by atoms with Crippen LogP contribution in [0.3, 0.4) is 0 Å². The van der Waals surface area contributed by atoms with Crippen molar-refractivity contribution in [3.05, 3.63) is 66.1 Å². The minimum Gasteiger partial charge on any atom is -0.370 e. The van der Waals surface area contributed by atoms with Crippen molar-refractivity contribution >= 4 is 5.69 Å². The molecule has 2 aromatic carbocycles. The lowest BCUT2D eigenvalue weighted by molar-refractivity contribution is 0.150. The van der Waals surface area contributed by atoms with E-state index >= 15 is 0 Å². The molecule has 0 aliphatic carbocycles. The smallest absolute Gasteiger partial charge is 0.203 e. The molecule has 0 unspecified atom stereocenters. The SMILES string of the molecule is Fc1ccc(-c2cc3n(c2)Cc2cc(N4CC5(CCNCC5)C4)ccc2-n2nnnc2-3)cc1. The molecule has 3 aliphatic heterocycles. The number of piperidine rings is 1. The first-order valence-electron chi connectivity index (χ1n) is 11.5. The fourth-order valence-electron chi connectivity index (χ4n) is 5.64. The Balaban J connectivity index is 1.25. The zero-order valence-corrected chi connectivity index (χ0v) is 18.2. The summed E-state index contributed by atoms with van der Waals surface area (Å²) in [5, 5.41) is 16.1. The maximum absolute atomic E-state index is 13.4. The summed E-state index contributed by atoms with van der Waals surface area (Å²) in [7, 11) is 0. The van der Waals surface area contributed by atoms with Crippen LogP contribution in [0.1, 0.15) is 18.4 Å². The highest BCUT2D eigenvalue weighted by Crippen LogP contribution is 2.42. The van der Waals surface area contributed by atoms with Gasteiger partial charge in [-0.2, -0.15) is 4.68 Å². The third kappa shape index (κ3) is 3.01. The normalized spacial score (nSPS) is 18.3. The van der Waals surface area contributed by atoms with Crippen molar-refractivity contribution in [2.75, 3.05) is 31.1 Å². The number of tetrazole rings is 1. The highest BCUT2D eigenvalue weighted by molar-refractivity contribution is 5.71. The molecule has 0 amide bonds. The Bertz CT molecular complexity index is 1340. The van der Waals surface area contributed by atoms with E-state index in [2.05, 4.69) is 60.8 Å². The second kappa shape index (κ2) is 6.99. The lowest BCUT2D eigenvalue weighted by Crippen LogP contribution is -2.60. The number of fused-ring (bicyclic) bond motifs is 5. The van der Waals surface area contributed by atoms with Gasteiger partial charge >= 0.3 is 0 Å². The van der Waals surface area contributed by atoms with Gasteiger partial charge < -0.3 is 14.8 Å². The molecule has 3 aliphatic rings. The molecule has 4 aromatic rings. The minimum atomic E-state index is -0.234. The van der Waals surface area contributed by atoms with E-state index in [1.165, 1.54) is 36.2 Å². The number of benzene rings is 2. The van der Waals surface area contributed by atoms with E-state index in [4.69, 9.17) is 0 Å². The Morgan fingerprint density at radius 2 is 1.76 bits per heavy atom. The number of hydrogen-bond donors (Lipinski definition) is 1. The van der Waals surface area contributed by atoms with Gasteiger partial charge in [0.2, 0.25) is 5.82 Å². The van der Waals surface area contributed by atoms with Crippen LogP contribution in [0, 0.1) is 11.2 Å². The van der Waals surface area contributed by atoms with Gasteiger partial charge in [0.25, 0.3) is 0 Å². The highest BCUT2D eigenvalue weighted by Gasteiger charge is 2.43. The molecular weight excluding hydrogens is 417 g/mol. The summed E-state index contributed by atoms with van der Waals surface area (Å²) in [5.41, 5.74) is 6.90. The summed E-state index contributed by atoms with van der Waals surface area (Å²) in [6, 6.07) is 15.3. The monoisotopic (exact) mass is 441 g/mol. The van der Waals surface area contributed by atoms with Crippen molar-refractivity contribution < 1.29 is 4.39 Å². The molecule has 0 saturated carbocycles. The Morgan fingerprint density at radius 1 is 0.939 bits per heavy atom. The summed E-state index contributed by atoms with van der Waals surface area (Å²) in [6.45, 7) is 5.24. The van der Waals surface area contributed by atoms with Gasteiger partial charge in [-0.1, -0.05) is 12.1 Å². The van der Waals surface area contributed by atoms with Gasteiger partial charge in [0.1, 0.15) is 5.82 Å². The standard InChI is InChI=1S/C25H24FN7/c26-20-3-1-17(2-4-20)18-12-23-24-28-29-30-33(24)22-6-5-21(11-19(22)14-31(23)13-18)32-15-25(16-32)7-9-27-10-8-25/h1-6,11-13,27H,7-10,14-16H2. The Kier molecular flexibility index (Phi) is 4.02. The van der Waals surface area contributed by atoms with E-state index in [1.807, 2.05) is 4.68 Å². The van der Waals surface area contributed by atoms with E-state index in [0.717, 1.165) is 48.7 Å². The molecule has 33 heavy (non-hydrogen) atoms. The zero-order chi connectivity index (χ0) is 22.0. The number of anilines is 1. The van der Waals surface area contributed by atoms with E-state index in [0.29, 0.717) is 17.8 Å².